The van der Waals surface area contributed by atoms with Crippen LogP contribution in [-0.2, 0) is 19.0 Å². The molecule has 2 fully saturated rings. The van der Waals surface area contributed by atoms with Gasteiger partial charge in [-0.05, 0) is 33.6 Å². The van der Waals surface area contributed by atoms with Crippen LogP contribution in [0.1, 0.15) is 33.6 Å². The normalized spacial score (nSPS) is 26.4. The van der Waals surface area contributed by atoms with Crippen molar-refractivity contribution in [3.63, 3.8) is 0 Å². The van der Waals surface area contributed by atoms with Crippen molar-refractivity contribution < 1.29 is 23.8 Å². The van der Waals surface area contributed by atoms with Gasteiger partial charge in [0.2, 0.25) is 0 Å². The smallest absolute Gasteiger partial charge is 0.410 e. The van der Waals surface area contributed by atoms with Crippen LogP contribution in [0.25, 0.3) is 0 Å². The number of nitrogens with zero attached hydrogens (tertiary/aromatic N) is 1. The summed E-state index contributed by atoms with van der Waals surface area (Å²) in [6, 6.07) is 0. The van der Waals surface area contributed by atoms with Crippen LogP contribution < -0.4 is 0 Å². The zero-order chi connectivity index (χ0) is 14.8. The summed E-state index contributed by atoms with van der Waals surface area (Å²) in [5.74, 6) is 0. The molecule has 1 spiro atoms. The fraction of sp³-hybridized carbons (Fsp3) is 0.857. The van der Waals surface area contributed by atoms with Crippen LogP contribution in [0.15, 0.2) is 0 Å². The van der Waals surface area contributed by atoms with Gasteiger partial charge in [-0.2, -0.15) is 0 Å². The third kappa shape index (κ3) is 3.30. The lowest BCUT2D eigenvalue weighted by Gasteiger charge is -2.49. The number of carbonyl (C=O) groups excluding carboxylic acids is 2. The van der Waals surface area contributed by atoms with E-state index in [-0.39, 0.29) is 12.6 Å². The number of rotatable bonds is 1. The minimum atomic E-state index is -0.573. The largest absolute Gasteiger partial charge is 0.444 e. The molecule has 2 saturated heterocycles. The number of aldehydes is 1. The predicted octanol–water partition coefficient (Wildman–Crippen LogP) is 1.37. The van der Waals surface area contributed by atoms with Crippen LogP contribution >= 0.6 is 0 Å². The van der Waals surface area contributed by atoms with Gasteiger partial charge in [-0.1, -0.05) is 0 Å². The third-order valence-corrected chi connectivity index (χ3v) is 3.69. The molecule has 1 unspecified atom stereocenters. The molecule has 114 valence electrons. The molecule has 2 heterocycles. The fourth-order valence-corrected chi connectivity index (χ4v) is 2.60. The molecule has 0 saturated carbocycles. The molecular formula is C14H23NO5. The van der Waals surface area contributed by atoms with Gasteiger partial charge in [-0.15, -0.1) is 0 Å². The van der Waals surface area contributed by atoms with Crippen molar-refractivity contribution in [3.8, 4) is 0 Å². The summed E-state index contributed by atoms with van der Waals surface area (Å²) in [4.78, 5) is 25.1. The monoisotopic (exact) mass is 285 g/mol. The van der Waals surface area contributed by atoms with Gasteiger partial charge >= 0.3 is 6.09 Å². The molecular weight excluding hydrogens is 262 g/mol. The maximum atomic E-state index is 12.4. The Morgan fingerprint density at radius 2 is 2.00 bits per heavy atom. The van der Waals surface area contributed by atoms with Crippen LogP contribution in [0.3, 0.4) is 0 Å². The lowest BCUT2D eigenvalue weighted by atomic mass is 9.87. The van der Waals surface area contributed by atoms with E-state index in [9.17, 15) is 9.59 Å². The lowest BCUT2D eigenvalue weighted by molar-refractivity contribution is -0.149. The summed E-state index contributed by atoms with van der Waals surface area (Å²) in [6.07, 6.45) is 1.20. The maximum Gasteiger partial charge on any atom is 0.410 e. The molecule has 2 rings (SSSR count). The molecule has 2 aliphatic heterocycles. The van der Waals surface area contributed by atoms with E-state index in [0.29, 0.717) is 32.7 Å². The lowest BCUT2D eigenvalue weighted by Crippen LogP contribution is -2.64. The molecule has 0 aromatic rings. The fourth-order valence-electron chi connectivity index (χ4n) is 2.60. The van der Waals surface area contributed by atoms with E-state index in [1.807, 2.05) is 20.8 Å². The van der Waals surface area contributed by atoms with Crippen molar-refractivity contribution in [2.45, 2.75) is 50.9 Å². The van der Waals surface area contributed by atoms with Crippen LogP contribution in [-0.4, -0.2) is 60.9 Å². The van der Waals surface area contributed by atoms with Gasteiger partial charge in [0.25, 0.3) is 0 Å². The summed E-state index contributed by atoms with van der Waals surface area (Å²) < 4.78 is 16.4. The predicted molar refractivity (Wildman–Crippen MR) is 71.5 cm³/mol. The Kier molecular flexibility index (Phi) is 4.34. The van der Waals surface area contributed by atoms with Gasteiger partial charge in [0.05, 0.1) is 18.7 Å². The first kappa shape index (κ1) is 15.3. The Hall–Kier alpha value is -1.14. The quantitative estimate of drug-likeness (QED) is 0.681. The minimum Gasteiger partial charge on any atom is -0.444 e. The molecule has 6 heteroatoms. The third-order valence-electron chi connectivity index (χ3n) is 3.69. The van der Waals surface area contributed by atoms with Gasteiger partial charge in [-0.25, -0.2) is 4.79 Å². The highest BCUT2D eigenvalue weighted by molar-refractivity contribution is 5.71. The zero-order valence-corrected chi connectivity index (χ0v) is 12.4. The molecule has 0 aromatic carbocycles. The Balaban J connectivity index is 2.17. The number of hydrogen-bond donors (Lipinski definition) is 0. The molecule has 0 aliphatic carbocycles. The van der Waals surface area contributed by atoms with Crippen molar-refractivity contribution in [1.29, 1.82) is 0 Å². The molecule has 2 aliphatic rings. The SMILES string of the molecule is CC(C)(C)OC(=O)N1CC(C=O)OCC12CCOCC2. The molecule has 0 aromatic heterocycles. The number of ether oxygens (including phenoxy) is 3. The Labute approximate surface area is 119 Å². The van der Waals surface area contributed by atoms with E-state index in [1.54, 1.807) is 4.90 Å². The highest BCUT2D eigenvalue weighted by Crippen LogP contribution is 2.33. The Morgan fingerprint density at radius 3 is 2.55 bits per heavy atom. The second kappa shape index (κ2) is 5.69. The summed E-state index contributed by atoms with van der Waals surface area (Å²) >= 11 is 0. The minimum absolute atomic E-state index is 0.248. The second-order valence-electron chi connectivity index (χ2n) is 6.41. The van der Waals surface area contributed by atoms with Gasteiger partial charge in [0, 0.05) is 13.2 Å². The van der Waals surface area contributed by atoms with E-state index in [1.165, 1.54) is 0 Å². The van der Waals surface area contributed by atoms with Crippen molar-refractivity contribution in [1.82, 2.24) is 4.90 Å². The first-order chi connectivity index (χ1) is 9.36. The summed E-state index contributed by atoms with van der Waals surface area (Å²) in [6.45, 7) is 7.29. The highest BCUT2D eigenvalue weighted by Gasteiger charge is 2.47. The van der Waals surface area contributed by atoms with Crippen molar-refractivity contribution in [2.75, 3.05) is 26.4 Å². The van der Waals surface area contributed by atoms with Crippen molar-refractivity contribution in [3.05, 3.63) is 0 Å². The van der Waals surface area contributed by atoms with Crippen molar-refractivity contribution >= 4 is 12.4 Å². The molecule has 1 amide bonds. The Morgan fingerprint density at radius 1 is 1.35 bits per heavy atom. The average Bonchev–Trinajstić information content (AvgIpc) is 2.38. The highest BCUT2D eigenvalue weighted by atomic mass is 16.6. The topological polar surface area (TPSA) is 65.1 Å². The number of morpholine rings is 1. The van der Waals surface area contributed by atoms with Gasteiger partial charge < -0.3 is 19.0 Å². The molecule has 20 heavy (non-hydrogen) atoms. The standard InChI is InChI=1S/C14H23NO5/c1-13(2,3)20-12(17)15-8-11(9-16)19-10-14(15)4-6-18-7-5-14/h9,11H,4-8,10H2,1-3H3. The molecule has 0 N–H and O–H groups in total. The van der Waals surface area contributed by atoms with Crippen LogP contribution in [0.2, 0.25) is 0 Å². The Bertz CT molecular complexity index is 370. The van der Waals surface area contributed by atoms with Gasteiger partial charge in [0.15, 0.2) is 6.29 Å². The summed E-state index contributed by atoms with van der Waals surface area (Å²) in [5, 5.41) is 0. The van der Waals surface area contributed by atoms with Crippen molar-refractivity contribution in [2.24, 2.45) is 0 Å². The molecule has 0 bridgehead atoms. The van der Waals surface area contributed by atoms with Gasteiger partial charge in [-0.3, -0.25) is 4.90 Å². The van der Waals surface area contributed by atoms with E-state index < -0.39 is 17.2 Å². The number of hydrogen-bond acceptors (Lipinski definition) is 5. The molecule has 1 atom stereocenters. The second-order valence-corrected chi connectivity index (χ2v) is 6.41. The van der Waals surface area contributed by atoms with Gasteiger partial charge in [0.1, 0.15) is 11.7 Å². The van der Waals surface area contributed by atoms with E-state index in [2.05, 4.69) is 0 Å². The maximum absolute atomic E-state index is 12.4. The summed E-state index contributed by atoms with van der Waals surface area (Å²) in [7, 11) is 0. The summed E-state index contributed by atoms with van der Waals surface area (Å²) in [5.41, 5.74) is -0.960. The van der Waals surface area contributed by atoms with E-state index >= 15 is 0 Å². The van der Waals surface area contributed by atoms with Crippen LogP contribution in [0, 0.1) is 0 Å². The average molecular weight is 285 g/mol. The first-order valence-electron chi connectivity index (χ1n) is 7.02. The zero-order valence-electron chi connectivity index (χ0n) is 12.4. The van der Waals surface area contributed by atoms with Crippen LogP contribution in [0.4, 0.5) is 4.79 Å². The van der Waals surface area contributed by atoms with Crippen LogP contribution in [0.5, 0.6) is 0 Å². The van der Waals surface area contributed by atoms with E-state index in [0.717, 1.165) is 6.29 Å². The molecule has 0 radical (unpaired) electrons. The molecule has 6 nitrogen and oxygen atoms in total. The van der Waals surface area contributed by atoms with E-state index in [4.69, 9.17) is 14.2 Å². The number of carbonyl (C=O) groups is 2. The number of amides is 1. The first-order valence-corrected chi connectivity index (χ1v) is 7.02.